The second-order valence-corrected chi connectivity index (χ2v) is 5.72. The van der Waals surface area contributed by atoms with Crippen LogP contribution in [-0.2, 0) is 4.79 Å². The van der Waals surface area contributed by atoms with Crippen LogP contribution in [0.2, 0.25) is 0 Å². The quantitative estimate of drug-likeness (QED) is 0.818. The number of hydrogen-bond donors (Lipinski definition) is 2. The van der Waals surface area contributed by atoms with Crippen LogP contribution in [0.4, 0.5) is 0 Å². The first-order valence-corrected chi connectivity index (χ1v) is 7.90. The fourth-order valence-corrected chi connectivity index (χ4v) is 2.98. The molecular weight excluding hydrogens is 308 g/mol. The number of rotatable bonds is 4. The molecule has 0 radical (unpaired) electrons. The van der Waals surface area contributed by atoms with Crippen molar-refractivity contribution in [1.29, 1.82) is 0 Å². The van der Waals surface area contributed by atoms with E-state index in [2.05, 4.69) is 15.4 Å². The lowest BCUT2D eigenvalue weighted by atomic mass is 10.1. The number of nitrogens with two attached hydrogens (primary N) is 1. The van der Waals surface area contributed by atoms with E-state index < -0.39 is 6.04 Å². The Labute approximate surface area is 139 Å². The van der Waals surface area contributed by atoms with Gasteiger partial charge in [0.25, 0.3) is 5.91 Å². The molecule has 24 heavy (non-hydrogen) atoms. The molecule has 3 N–H and O–H groups in total. The molecule has 0 saturated carbocycles. The highest BCUT2D eigenvalue weighted by Gasteiger charge is 2.38. The number of nitrogens with zero attached hydrogens (tertiary/aromatic N) is 4. The maximum Gasteiger partial charge on any atom is 0.256 e. The molecule has 2 atom stereocenters. The van der Waals surface area contributed by atoms with Crippen LogP contribution >= 0.6 is 0 Å². The summed E-state index contributed by atoms with van der Waals surface area (Å²) in [5.74, 6) is -0.401. The Bertz CT molecular complexity index is 730. The van der Waals surface area contributed by atoms with Crippen molar-refractivity contribution in [3.05, 3.63) is 42.5 Å². The Kier molecular flexibility index (Phi) is 4.57. The minimum atomic E-state index is -0.545. The first-order valence-electron chi connectivity index (χ1n) is 7.90. The van der Waals surface area contributed by atoms with E-state index in [1.807, 2.05) is 13.0 Å². The topological polar surface area (TPSA) is 106 Å². The summed E-state index contributed by atoms with van der Waals surface area (Å²) in [6.45, 7) is 2.72. The van der Waals surface area contributed by atoms with E-state index in [4.69, 9.17) is 5.73 Å². The van der Waals surface area contributed by atoms with Crippen LogP contribution in [-0.4, -0.2) is 56.7 Å². The molecule has 3 rings (SSSR count). The summed E-state index contributed by atoms with van der Waals surface area (Å²) in [5.41, 5.74) is 7.08. The van der Waals surface area contributed by atoms with Crippen molar-refractivity contribution in [2.45, 2.75) is 25.4 Å². The van der Waals surface area contributed by atoms with E-state index in [9.17, 15) is 9.59 Å². The first kappa shape index (κ1) is 16.1. The number of carbonyl (C=O) groups is 2. The van der Waals surface area contributed by atoms with Crippen LogP contribution in [0, 0.1) is 0 Å². The lowest BCUT2D eigenvalue weighted by Gasteiger charge is -2.24. The van der Waals surface area contributed by atoms with Gasteiger partial charge < -0.3 is 16.0 Å². The number of hydrogen-bond acceptors (Lipinski definition) is 5. The van der Waals surface area contributed by atoms with Crippen molar-refractivity contribution in [1.82, 2.24) is 25.0 Å². The third-order valence-corrected chi connectivity index (χ3v) is 4.05. The molecule has 8 nitrogen and oxygen atoms in total. The van der Waals surface area contributed by atoms with Gasteiger partial charge in [-0.25, -0.2) is 9.67 Å². The smallest absolute Gasteiger partial charge is 0.256 e. The van der Waals surface area contributed by atoms with E-state index in [0.29, 0.717) is 30.8 Å². The maximum absolute atomic E-state index is 13.1. The lowest BCUT2D eigenvalue weighted by Crippen LogP contribution is -2.46. The average Bonchev–Trinajstić information content (AvgIpc) is 3.24. The molecule has 1 fully saturated rings. The van der Waals surface area contributed by atoms with E-state index in [-0.39, 0.29) is 17.9 Å². The molecule has 0 unspecified atom stereocenters. The van der Waals surface area contributed by atoms with Crippen LogP contribution in [0.5, 0.6) is 0 Å². The van der Waals surface area contributed by atoms with Crippen LogP contribution < -0.4 is 11.1 Å². The van der Waals surface area contributed by atoms with E-state index in [1.54, 1.807) is 23.1 Å². The number of para-hydroxylation sites is 1. The number of likely N-dealkylation sites (N-methyl/N-ethyl adjacent to an activating group) is 1. The average molecular weight is 328 g/mol. The van der Waals surface area contributed by atoms with Gasteiger partial charge in [0.05, 0.1) is 11.3 Å². The molecule has 1 aromatic heterocycles. The summed E-state index contributed by atoms with van der Waals surface area (Å²) < 4.78 is 1.53. The number of amides is 2. The predicted molar refractivity (Wildman–Crippen MR) is 87.5 cm³/mol. The maximum atomic E-state index is 13.1. The molecule has 1 aliphatic heterocycles. The third kappa shape index (κ3) is 3.00. The molecule has 0 bridgehead atoms. The zero-order chi connectivity index (χ0) is 17.1. The first-order chi connectivity index (χ1) is 11.6. The molecule has 2 amide bonds. The van der Waals surface area contributed by atoms with Gasteiger partial charge in [0.2, 0.25) is 5.91 Å². The Morgan fingerprint density at radius 3 is 2.88 bits per heavy atom. The second kappa shape index (κ2) is 6.79. The molecule has 1 aromatic carbocycles. The summed E-state index contributed by atoms with van der Waals surface area (Å²) in [6.07, 6.45) is 3.40. The Morgan fingerprint density at radius 2 is 2.17 bits per heavy atom. The second-order valence-electron chi connectivity index (χ2n) is 5.72. The van der Waals surface area contributed by atoms with Crippen molar-refractivity contribution in [3.8, 4) is 5.69 Å². The van der Waals surface area contributed by atoms with Crippen LogP contribution in [0.15, 0.2) is 36.9 Å². The van der Waals surface area contributed by atoms with E-state index in [1.165, 1.54) is 17.3 Å². The Morgan fingerprint density at radius 1 is 1.38 bits per heavy atom. The van der Waals surface area contributed by atoms with Gasteiger partial charge in [-0.2, -0.15) is 5.10 Å². The zero-order valence-electron chi connectivity index (χ0n) is 13.4. The van der Waals surface area contributed by atoms with Crippen LogP contribution in [0.25, 0.3) is 5.69 Å². The Balaban J connectivity index is 1.92. The minimum absolute atomic E-state index is 0.169. The van der Waals surface area contributed by atoms with E-state index >= 15 is 0 Å². The molecule has 126 valence electrons. The van der Waals surface area contributed by atoms with Crippen LogP contribution in [0.3, 0.4) is 0 Å². The van der Waals surface area contributed by atoms with Crippen molar-refractivity contribution >= 4 is 11.8 Å². The highest BCUT2D eigenvalue weighted by Crippen LogP contribution is 2.23. The van der Waals surface area contributed by atoms with Gasteiger partial charge in [-0.3, -0.25) is 9.59 Å². The highest BCUT2D eigenvalue weighted by atomic mass is 16.2. The predicted octanol–water partition coefficient (Wildman–Crippen LogP) is -0.0548. The normalized spacial score (nSPS) is 20.2. The molecule has 0 spiro atoms. The van der Waals surface area contributed by atoms with Crippen molar-refractivity contribution in [2.75, 3.05) is 13.1 Å². The van der Waals surface area contributed by atoms with Gasteiger partial charge in [-0.15, -0.1) is 0 Å². The molecular formula is C16H20N6O2. The fraction of sp³-hybridized carbons (Fsp3) is 0.375. The number of likely N-dealkylation sites (tertiary alicyclic amines) is 1. The Hall–Kier alpha value is -2.74. The number of nitrogens with one attached hydrogen (secondary N) is 1. The van der Waals surface area contributed by atoms with Gasteiger partial charge in [0.15, 0.2) is 0 Å². The van der Waals surface area contributed by atoms with Gasteiger partial charge in [-0.05, 0) is 25.5 Å². The summed E-state index contributed by atoms with van der Waals surface area (Å²) >= 11 is 0. The van der Waals surface area contributed by atoms with Gasteiger partial charge in [-0.1, -0.05) is 12.1 Å². The number of benzene rings is 1. The molecule has 0 aliphatic carbocycles. The summed E-state index contributed by atoms with van der Waals surface area (Å²) in [4.78, 5) is 30.8. The molecule has 1 saturated heterocycles. The fourth-order valence-electron chi connectivity index (χ4n) is 2.98. The van der Waals surface area contributed by atoms with Crippen molar-refractivity contribution in [3.63, 3.8) is 0 Å². The standard InChI is InChI=1S/C16H20N6O2/c1-2-19-15(23)14-7-11(17)8-21(14)16(24)12-5-3-4-6-13(12)22-10-18-9-20-22/h3-6,9-11,14H,2,7-8,17H2,1H3,(H,19,23)/t11-,14-/m0/s1. The molecule has 2 aromatic rings. The van der Waals surface area contributed by atoms with Crippen molar-refractivity contribution < 1.29 is 9.59 Å². The minimum Gasteiger partial charge on any atom is -0.355 e. The summed E-state index contributed by atoms with van der Waals surface area (Å²) in [5, 5.41) is 6.86. The monoisotopic (exact) mass is 328 g/mol. The number of carbonyl (C=O) groups excluding carboxylic acids is 2. The highest BCUT2D eigenvalue weighted by molar-refractivity contribution is 6.00. The van der Waals surface area contributed by atoms with Gasteiger partial charge in [0.1, 0.15) is 18.7 Å². The lowest BCUT2D eigenvalue weighted by molar-refractivity contribution is -0.124. The zero-order valence-corrected chi connectivity index (χ0v) is 13.4. The SMILES string of the molecule is CCNC(=O)[C@@H]1C[C@H](N)CN1C(=O)c1ccccc1-n1cncn1. The van der Waals surface area contributed by atoms with E-state index in [0.717, 1.165) is 0 Å². The molecule has 8 heteroatoms. The van der Waals surface area contributed by atoms with Gasteiger partial charge >= 0.3 is 0 Å². The number of aromatic nitrogens is 3. The summed E-state index contributed by atoms with van der Waals surface area (Å²) in [6, 6.07) is 6.36. The molecule has 1 aliphatic rings. The van der Waals surface area contributed by atoms with Crippen LogP contribution in [0.1, 0.15) is 23.7 Å². The summed E-state index contributed by atoms with van der Waals surface area (Å²) in [7, 11) is 0. The van der Waals surface area contributed by atoms with Crippen molar-refractivity contribution in [2.24, 2.45) is 5.73 Å². The molecule has 2 heterocycles. The largest absolute Gasteiger partial charge is 0.355 e. The van der Waals surface area contributed by atoms with Gasteiger partial charge in [0, 0.05) is 19.1 Å². The third-order valence-electron chi connectivity index (χ3n) is 4.05.